The minimum Gasteiger partial charge on any atom is -0.365 e. The molecule has 0 saturated heterocycles. The Labute approximate surface area is 149 Å². The van der Waals surface area contributed by atoms with E-state index in [-0.39, 0.29) is 12.1 Å². The summed E-state index contributed by atoms with van der Waals surface area (Å²) in [6, 6.07) is 8.18. The number of rotatable bonds is 3. The van der Waals surface area contributed by atoms with E-state index in [1.165, 1.54) is 19.1 Å². The molecule has 2 aliphatic rings. The molecule has 2 aromatic rings. The molecule has 1 unspecified atom stereocenters. The number of nitrogens with one attached hydrogen (secondary N) is 2. The molecule has 26 heavy (non-hydrogen) atoms. The van der Waals surface area contributed by atoms with Gasteiger partial charge in [-0.25, -0.2) is 9.40 Å². The standard InChI is InChI=1S/C19H16FN5O/c1-12(26)23-16-9-14(8-15(20)10-16)17-2-3-19-22-11-18(25(19)24-17)13-4-6-21-7-5-13/h2-11,19,22H,1H3,(H,23,26). The number of hydrogen-bond acceptors (Lipinski definition) is 5. The van der Waals surface area contributed by atoms with E-state index in [1.807, 2.05) is 35.5 Å². The molecule has 1 atom stereocenters. The summed E-state index contributed by atoms with van der Waals surface area (Å²) in [5, 5.41) is 12.4. The largest absolute Gasteiger partial charge is 0.365 e. The molecule has 1 amide bonds. The van der Waals surface area contributed by atoms with Crippen LogP contribution in [0.4, 0.5) is 10.1 Å². The summed E-state index contributed by atoms with van der Waals surface area (Å²) in [4.78, 5) is 15.3. The first kappa shape index (κ1) is 16.0. The van der Waals surface area contributed by atoms with Gasteiger partial charge in [-0.1, -0.05) is 0 Å². The van der Waals surface area contributed by atoms with E-state index in [4.69, 9.17) is 0 Å². The molecule has 0 spiro atoms. The fourth-order valence-electron chi connectivity index (χ4n) is 2.94. The molecule has 0 aliphatic carbocycles. The van der Waals surface area contributed by atoms with Gasteiger partial charge in [-0.2, -0.15) is 5.10 Å². The Morgan fingerprint density at radius 2 is 2.04 bits per heavy atom. The Morgan fingerprint density at radius 3 is 2.81 bits per heavy atom. The first-order chi connectivity index (χ1) is 12.6. The zero-order valence-electron chi connectivity index (χ0n) is 14.0. The van der Waals surface area contributed by atoms with Gasteiger partial charge in [-0.05, 0) is 42.5 Å². The second kappa shape index (κ2) is 6.44. The van der Waals surface area contributed by atoms with Crippen molar-refractivity contribution < 1.29 is 9.18 Å². The highest BCUT2D eigenvalue weighted by Gasteiger charge is 2.27. The SMILES string of the molecule is CC(=O)Nc1cc(F)cc(C2=NN3C(c4ccncc4)=CNC3C=C2)c1. The number of allylic oxidation sites excluding steroid dienone is 1. The number of nitrogens with zero attached hydrogens (tertiary/aromatic N) is 3. The topological polar surface area (TPSA) is 69.6 Å². The Morgan fingerprint density at radius 1 is 1.23 bits per heavy atom. The lowest BCUT2D eigenvalue weighted by Gasteiger charge is -2.26. The molecule has 2 aliphatic heterocycles. The van der Waals surface area contributed by atoms with Crippen molar-refractivity contribution in [1.29, 1.82) is 0 Å². The van der Waals surface area contributed by atoms with E-state index in [2.05, 4.69) is 20.7 Å². The zero-order valence-corrected chi connectivity index (χ0v) is 14.0. The fourth-order valence-corrected chi connectivity index (χ4v) is 2.94. The Bertz CT molecular complexity index is 952. The van der Waals surface area contributed by atoms with Gasteiger partial charge in [0.15, 0.2) is 0 Å². The monoisotopic (exact) mass is 349 g/mol. The summed E-state index contributed by atoms with van der Waals surface area (Å²) in [5.41, 5.74) is 3.47. The number of hydrazone groups is 1. The molecule has 7 heteroatoms. The predicted molar refractivity (Wildman–Crippen MR) is 97.4 cm³/mol. The van der Waals surface area contributed by atoms with Crippen LogP contribution in [0.3, 0.4) is 0 Å². The van der Waals surface area contributed by atoms with E-state index in [0.29, 0.717) is 17.0 Å². The first-order valence-corrected chi connectivity index (χ1v) is 8.11. The highest BCUT2D eigenvalue weighted by atomic mass is 19.1. The van der Waals surface area contributed by atoms with Crippen molar-refractivity contribution in [3.63, 3.8) is 0 Å². The van der Waals surface area contributed by atoms with Gasteiger partial charge >= 0.3 is 0 Å². The molecule has 1 aromatic heterocycles. The highest BCUT2D eigenvalue weighted by Crippen LogP contribution is 2.28. The van der Waals surface area contributed by atoms with Gasteiger partial charge < -0.3 is 10.6 Å². The first-order valence-electron chi connectivity index (χ1n) is 8.11. The molecular weight excluding hydrogens is 333 g/mol. The number of anilines is 1. The number of aromatic nitrogens is 1. The second-order valence-corrected chi connectivity index (χ2v) is 5.98. The highest BCUT2D eigenvalue weighted by molar-refractivity contribution is 6.10. The van der Waals surface area contributed by atoms with Crippen LogP contribution in [0.2, 0.25) is 0 Å². The third-order valence-corrected chi connectivity index (χ3v) is 4.04. The van der Waals surface area contributed by atoms with Crippen molar-refractivity contribution in [3.05, 3.63) is 78.0 Å². The molecule has 3 heterocycles. The Hall–Kier alpha value is -3.48. The van der Waals surface area contributed by atoms with Gasteiger partial charge in [0.2, 0.25) is 5.91 Å². The maximum atomic E-state index is 14.0. The predicted octanol–water partition coefficient (Wildman–Crippen LogP) is 2.68. The molecular formula is C19H16FN5O. The number of halogens is 1. The molecule has 130 valence electrons. The number of carbonyl (C=O) groups is 1. The normalized spacial score (nSPS) is 17.9. The van der Waals surface area contributed by atoms with E-state index < -0.39 is 5.82 Å². The molecule has 6 nitrogen and oxygen atoms in total. The summed E-state index contributed by atoms with van der Waals surface area (Å²) in [6.45, 7) is 1.38. The molecule has 0 saturated carbocycles. The average molecular weight is 349 g/mol. The van der Waals surface area contributed by atoms with E-state index >= 15 is 0 Å². The van der Waals surface area contributed by atoms with Gasteiger partial charge in [-0.15, -0.1) is 0 Å². The zero-order chi connectivity index (χ0) is 18.1. The second-order valence-electron chi connectivity index (χ2n) is 5.98. The Balaban J connectivity index is 1.68. The van der Waals surface area contributed by atoms with Crippen molar-refractivity contribution in [3.8, 4) is 0 Å². The molecule has 4 rings (SSSR count). The maximum absolute atomic E-state index is 14.0. The fraction of sp³-hybridized carbons (Fsp3) is 0.105. The van der Waals surface area contributed by atoms with Crippen LogP contribution in [-0.2, 0) is 4.79 Å². The summed E-state index contributed by atoms with van der Waals surface area (Å²) in [6.07, 6.45) is 9.04. The van der Waals surface area contributed by atoms with Crippen LogP contribution < -0.4 is 10.6 Å². The van der Waals surface area contributed by atoms with Crippen LogP contribution in [0.5, 0.6) is 0 Å². The molecule has 0 bridgehead atoms. The van der Waals surface area contributed by atoms with Crippen LogP contribution in [0.25, 0.3) is 5.70 Å². The van der Waals surface area contributed by atoms with Gasteiger partial charge in [-0.3, -0.25) is 9.78 Å². The van der Waals surface area contributed by atoms with Gasteiger partial charge in [0.1, 0.15) is 12.0 Å². The van der Waals surface area contributed by atoms with Crippen molar-refractivity contribution in [2.24, 2.45) is 5.10 Å². The van der Waals surface area contributed by atoms with E-state index in [0.717, 1.165) is 11.3 Å². The van der Waals surface area contributed by atoms with Gasteiger partial charge in [0, 0.05) is 42.3 Å². The summed E-state index contributed by atoms with van der Waals surface area (Å²) < 4.78 is 14.0. The lowest BCUT2D eigenvalue weighted by Crippen LogP contribution is -2.34. The summed E-state index contributed by atoms with van der Waals surface area (Å²) >= 11 is 0. The smallest absolute Gasteiger partial charge is 0.221 e. The van der Waals surface area contributed by atoms with Crippen LogP contribution in [0.15, 0.2) is 66.2 Å². The summed E-state index contributed by atoms with van der Waals surface area (Å²) in [7, 11) is 0. The maximum Gasteiger partial charge on any atom is 0.221 e. The van der Waals surface area contributed by atoms with Crippen LogP contribution in [0.1, 0.15) is 18.1 Å². The minimum atomic E-state index is -0.436. The van der Waals surface area contributed by atoms with Crippen molar-refractivity contribution >= 4 is 23.0 Å². The molecule has 2 N–H and O–H groups in total. The molecule has 0 radical (unpaired) electrons. The lowest BCUT2D eigenvalue weighted by atomic mass is 10.1. The van der Waals surface area contributed by atoms with Gasteiger partial charge in [0.05, 0.1) is 11.4 Å². The number of pyridine rings is 1. The third-order valence-electron chi connectivity index (χ3n) is 4.04. The summed E-state index contributed by atoms with van der Waals surface area (Å²) in [5.74, 6) is -0.691. The quantitative estimate of drug-likeness (QED) is 0.894. The van der Waals surface area contributed by atoms with E-state index in [1.54, 1.807) is 18.5 Å². The van der Waals surface area contributed by atoms with Gasteiger partial charge in [0.25, 0.3) is 0 Å². The third kappa shape index (κ3) is 3.06. The number of carbonyl (C=O) groups excluding carboxylic acids is 1. The van der Waals surface area contributed by atoms with Crippen LogP contribution in [0, 0.1) is 5.82 Å². The minimum absolute atomic E-state index is 0.0923. The number of amides is 1. The van der Waals surface area contributed by atoms with Crippen molar-refractivity contribution in [2.75, 3.05) is 5.32 Å². The van der Waals surface area contributed by atoms with E-state index in [9.17, 15) is 9.18 Å². The lowest BCUT2D eigenvalue weighted by molar-refractivity contribution is -0.114. The number of benzene rings is 1. The molecule has 0 fully saturated rings. The van der Waals surface area contributed by atoms with Crippen molar-refractivity contribution in [2.45, 2.75) is 13.1 Å². The van der Waals surface area contributed by atoms with Crippen LogP contribution in [-0.4, -0.2) is 27.8 Å². The van der Waals surface area contributed by atoms with Crippen LogP contribution >= 0.6 is 0 Å². The average Bonchev–Trinajstić information content (AvgIpc) is 3.04. The van der Waals surface area contributed by atoms with Crippen molar-refractivity contribution in [1.82, 2.24) is 15.3 Å². The number of hydrogen-bond donors (Lipinski definition) is 2. The number of fused-ring (bicyclic) bond motifs is 1. The molecule has 1 aromatic carbocycles. The Kier molecular flexibility index (Phi) is 3.96.